The number of aromatic nitrogens is 1. The molecule has 0 aliphatic heterocycles. The van der Waals surface area contributed by atoms with Crippen molar-refractivity contribution < 1.29 is 9.32 Å². The quantitative estimate of drug-likeness (QED) is 0.866. The molecule has 1 heterocycles. The van der Waals surface area contributed by atoms with Crippen LogP contribution in [0.5, 0.6) is 0 Å². The molecule has 0 fully saturated rings. The maximum Gasteiger partial charge on any atom is 0.277 e. The van der Waals surface area contributed by atoms with Gasteiger partial charge in [-0.3, -0.25) is 4.79 Å². The van der Waals surface area contributed by atoms with Crippen molar-refractivity contribution in [3.8, 4) is 0 Å². The van der Waals surface area contributed by atoms with Crippen LogP contribution in [-0.4, -0.2) is 17.6 Å². The second-order valence-electron chi connectivity index (χ2n) is 4.24. The molecular formula is C14H17N3O2. The standard InChI is InChI=1S/C14H17N3O2/c1-3-15-10(2)11-4-6-12(7-5-11)16-14(18)13-8-9-19-17-13/h4-10,15H,3H2,1-2H3,(H,16,18). The summed E-state index contributed by atoms with van der Waals surface area (Å²) in [6, 6.07) is 9.56. The van der Waals surface area contributed by atoms with Gasteiger partial charge in [0.15, 0.2) is 5.69 Å². The van der Waals surface area contributed by atoms with Crippen molar-refractivity contribution in [2.45, 2.75) is 19.9 Å². The summed E-state index contributed by atoms with van der Waals surface area (Å²) in [6.07, 6.45) is 1.37. The Morgan fingerprint density at radius 2 is 2.05 bits per heavy atom. The van der Waals surface area contributed by atoms with Crippen LogP contribution in [0.2, 0.25) is 0 Å². The molecule has 1 aromatic carbocycles. The molecule has 0 aliphatic rings. The molecule has 5 nitrogen and oxygen atoms in total. The molecule has 2 N–H and O–H groups in total. The highest BCUT2D eigenvalue weighted by atomic mass is 16.5. The lowest BCUT2D eigenvalue weighted by atomic mass is 10.1. The van der Waals surface area contributed by atoms with E-state index >= 15 is 0 Å². The average Bonchev–Trinajstić information content (AvgIpc) is 2.94. The fraction of sp³-hybridized carbons (Fsp3) is 0.286. The summed E-state index contributed by atoms with van der Waals surface area (Å²) in [5.41, 5.74) is 2.19. The van der Waals surface area contributed by atoms with Crippen LogP contribution in [0, 0.1) is 0 Å². The van der Waals surface area contributed by atoms with E-state index in [1.165, 1.54) is 17.9 Å². The van der Waals surface area contributed by atoms with E-state index in [9.17, 15) is 4.79 Å². The maximum atomic E-state index is 11.8. The van der Waals surface area contributed by atoms with Crippen LogP contribution in [-0.2, 0) is 0 Å². The molecule has 0 spiro atoms. The number of amides is 1. The number of benzene rings is 1. The van der Waals surface area contributed by atoms with Gasteiger partial charge in [0, 0.05) is 17.8 Å². The van der Waals surface area contributed by atoms with Crippen LogP contribution in [0.3, 0.4) is 0 Å². The molecule has 1 amide bonds. The highest BCUT2D eigenvalue weighted by Crippen LogP contribution is 2.16. The average molecular weight is 259 g/mol. The van der Waals surface area contributed by atoms with Gasteiger partial charge in [-0.15, -0.1) is 0 Å². The first kappa shape index (κ1) is 13.3. The molecule has 19 heavy (non-hydrogen) atoms. The summed E-state index contributed by atoms with van der Waals surface area (Å²) in [7, 11) is 0. The van der Waals surface area contributed by atoms with Crippen molar-refractivity contribution in [3.05, 3.63) is 47.9 Å². The van der Waals surface area contributed by atoms with Crippen molar-refractivity contribution in [1.29, 1.82) is 0 Å². The molecule has 0 aliphatic carbocycles. The van der Waals surface area contributed by atoms with E-state index in [1.54, 1.807) is 0 Å². The second kappa shape index (κ2) is 6.15. The number of carbonyl (C=O) groups is 1. The Hall–Kier alpha value is -2.14. The Morgan fingerprint density at radius 3 is 2.63 bits per heavy atom. The Kier molecular flexibility index (Phi) is 4.30. The van der Waals surface area contributed by atoms with Crippen molar-refractivity contribution in [3.63, 3.8) is 0 Å². The largest absolute Gasteiger partial charge is 0.364 e. The summed E-state index contributed by atoms with van der Waals surface area (Å²) < 4.78 is 4.63. The smallest absolute Gasteiger partial charge is 0.277 e. The minimum Gasteiger partial charge on any atom is -0.364 e. The van der Waals surface area contributed by atoms with Gasteiger partial charge in [-0.1, -0.05) is 24.2 Å². The normalized spacial score (nSPS) is 12.1. The van der Waals surface area contributed by atoms with Gasteiger partial charge in [-0.05, 0) is 31.2 Å². The van der Waals surface area contributed by atoms with Gasteiger partial charge in [-0.2, -0.15) is 0 Å². The van der Waals surface area contributed by atoms with Gasteiger partial charge >= 0.3 is 0 Å². The topological polar surface area (TPSA) is 67.2 Å². The van der Waals surface area contributed by atoms with Gasteiger partial charge in [0.2, 0.25) is 0 Å². The third kappa shape index (κ3) is 3.42. The predicted molar refractivity (Wildman–Crippen MR) is 73.0 cm³/mol. The summed E-state index contributed by atoms with van der Waals surface area (Å²) in [6.45, 7) is 5.10. The molecule has 1 aromatic heterocycles. The lowest BCUT2D eigenvalue weighted by Crippen LogP contribution is -2.17. The van der Waals surface area contributed by atoms with Gasteiger partial charge in [-0.25, -0.2) is 0 Å². The van der Waals surface area contributed by atoms with E-state index in [0.717, 1.165) is 12.2 Å². The molecule has 0 saturated carbocycles. The summed E-state index contributed by atoms with van der Waals surface area (Å²) >= 11 is 0. The van der Waals surface area contributed by atoms with Crippen LogP contribution in [0.1, 0.15) is 35.9 Å². The van der Waals surface area contributed by atoms with E-state index in [2.05, 4.69) is 34.2 Å². The lowest BCUT2D eigenvalue weighted by molar-refractivity contribution is 0.101. The van der Waals surface area contributed by atoms with E-state index in [0.29, 0.717) is 6.04 Å². The molecular weight excluding hydrogens is 242 g/mol. The third-order valence-corrected chi connectivity index (χ3v) is 2.85. The number of hydrogen-bond donors (Lipinski definition) is 2. The molecule has 2 aromatic rings. The zero-order valence-electron chi connectivity index (χ0n) is 11.0. The van der Waals surface area contributed by atoms with Gasteiger partial charge in [0.05, 0.1) is 0 Å². The number of rotatable bonds is 5. The predicted octanol–water partition coefficient (Wildman–Crippen LogP) is 2.60. The highest BCUT2D eigenvalue weighted by molar-refractivity contribution is 6.02. The molecule has 1 atom stereocenters. The second-order valence-corrected chi connectivity index (χ2v) is 4.24. The molecule has 1 unspecified atom stereocenters. The highest BCUT2D eigenvalue weighted by Gasteiger charge is 2.09. The lowest BCUT2D eigenvalue weighted by Gasteiger charge is -2.13. The van der Waals surface area contributed by atoms with Crippen LogP contribution in [0.25, 0.3) is 0 Å². The zero-order chi connectivity index (χ0) is 13.7. The van der Waals surface area contributed by atoms with E-state index in [-0.39, 0.29) is 11.6 Å². The SMILES string of the molecule is CCNC(C)c1ccc(NC(=O)c2ccon2)cc1. The summed E-state index contributed by atoms with van der Waals surface area (Å²) in [5.74, 6) is -0.277. The summed E-state index contributed by atoms with van der Waals surface area (Å²) in [5, 5.41) is 9.68. The number of nitrogens with zero attached hydrogens (tertiary/aromatic N) is 1. The molecule has 0 saturated heterocycles. The molecule has 0 bridgehead atoms. The maximum absolute atomic E-state index is 11.8. The van der Waals surface area contributed by atoms with E-state index in [4.69, 9.17) is 0 Å². The zero-order valence-corrected chi connectivity index (χ0v) is 11.0. The Morgan fingerprint density at radius 1 is 1.32 bits per heavy atom. The van der Waals surface area contributed by atoms with Gasteiger partial charge in [0.25, 0.3) is 5.91 Å². The molecule has 100 valence electrons. The van der Waals surface area contributed by atoms with Crippen LogP contribution >= 0.6 is 0 Å². The van der Waals surface area contributed by atoms with Crippen LogP contribution in [0.4, 0.5) is 5.69 Å². The monoisotopic (exact) mass is 259 g/mol. The number of hydrogen-bond acceptors (Lipinski definition) is 4. The molecule has 5 heteroatoms. The fourth-order valence-corrected chi connectivity index (χ4v) is 1.80. The van der Waals surface area contributed by atoms with Gasteiger partial charge in [0.1, 0.15) is 6.26 Å². The molecule has 2 rings (SSSR count). The van der Waals surface area contributed by atoms with Crippen LogP contribution in [0.15, 0.2) is 41.1 Å². The fourth-order valence-electron chi connectivity index (χ4n) is 1.80. The Balaban J connectivity index is 2.01. The third-order valence-electron chi connectivity index (χ3n) is 2.85. The van der Waals surface area contributed by atoms with Crippen molar-refractivity contribution in [1.82, 2.24) is 10.5 Å². The Bertz CT molecular complexity index is 520. The van der Waals surface area contributed by atoms with E-state index < -0.39 is 0 Å². The first-order chi connectivity index (χ1) is 9.20. The van der Waals surface area contributed by atoms with Crippen molar-refractivity contribution in [2.24, 2.45) is 0 Å². The number of carbonyl (C=O) groups excluding carboxylic acids is 1. The minimum absolute atomic E-state index is 0.269. The van der Waals surface area contributed by atoms with Crippen molar-refractivity contribution in [2.75, 3.05) is 11.9 Å². The van der Waals surface area contributed by atoms with Crippen molar-refractivity contribution >= 4 is 11.6 Å². The minimum atomic E-state index is -0.277. The van der Waals surface area contributed by atoms with Crippen LogP contribution < -0.4 is 10.6 Å². The van der Waals surface area contributed by atoms with Gasteiger partial charge < -0.3 is 15.2 Å². The first-order valence-electron chi connectivity index (χ1n) is 6.25. The Labute approximate surface area is 112 Å². The molecule has 0 radical (unpaired) electrons. The van der Waals surface area contributed by atoms with E-state index in [1.807, 2.05) is 24.3 Å². The summed E-state index contributed by atoms with van der Waals surface area (Å²) in [4.78, 5) is 11.8. The number of anilines is 1. The number of nitrogens with one attached hydrogen (secondary N) is 2. The first-order valence-corrected chi connectivity index (χ1v) is 6.25.